The largest absolute Gasteiger partial charge is 0.462 e. The summed E-state index contributed by atoms with van der Waals surface area (Å²) in [6, 6.07) is 2.03. The molecule has 0 radical (unpaired) electrons. The quantitative estimate of drug-likeness (QED) is 0.795. The number of carbonyl (C=O) groups excluding carboxylic acids is 1. The van der Waals surface area contributed by atoms with Crippen LogP contribution in [-0.2, 0) is 9.47 Å². The average Bonchev–Trinajstić information content (AvgIpc) is 2.73. The molecule has 0 atom stereocenters. The van der Waals surface area contributed by atoms with Crippen LogP contribution in [0.25, 0.3) is 0 Å². The molecule has 1 heterocycles. The van der Waals surface area contributed by atoms with Gasteiger partial charge in [-0.1, -0.05) is 0 Å². The van der Waals surface area contributed by atoms with Gasteiger partial charge in [-0.05, 0) is 6.92 Å². The maximum atomic E-state index is 11.7. The van der Waals surface area contributed by atoms with Crippen LogP contribution in [0.3, 0.4) is 0 Å². The van der Waals surface area contributed by atoms with Crippen LogP contribution in [0.4, 0.5) is 10.7 Å². The van der Waals surface area contributed by atoms with Gasteiger partial charge >= 0.3 is 5.97 Å². The van der Waals surface area contributed by atoms with Gasteiger partial charge in [-0.2, -0.15) is 5.26 Å². The van der Waals surface area contributed by atoms with E-state index < -0.39 is 5.97 Å². The summed E-state index contributed by atoms with van der Waals surface area (Å²) >= 11 is 1.17. The number of rotatable bonds is 6. The maximum absolute atomic E-state index is 11.7. The van der Waals surface area contributed by atoms with Crippen LogP contribution in [0.2, 0.25) is 0 Å². The number of methoxy groups -OCH3 is 1. The van der Waals surface area contributed by atoms with Gasteiger partial charge in [0.15, 0.2) is 0 Å². The van der Waals surface area contributed by atoms with E-state index in [2.05, 4.69) is 0 Å². The first-order chi connectivity index (χ1) is 9.06. The zero-order chi connectivity index (χ0) is 14.4. The van der Waals surface area contributed by atoms with Crippen molar-refractivity contribution in [3.05, 3.63) is 10.4 Å². The zero-order valence-electron chi connectivity index (χ0n) is 11.2. The van der Waals surface area contributed by atoms with Crippen LogP contribution in [0.15, 0.2) is 0 Å². The molecule has 0 saturated heterocycles. The minimum Gasteiger partial charge on any atom is -0.462 e. The van der Waals surface area contributed by atoms with Crippen molar-refractivity contribution < 1.29 is 14.3 Å². The molecule has 6 nitrogen and oxygen atoms in total. The molecule has 0 aliphatic rings. The SMILES string of the molecule is CCOC(=O)c1sc(N(C)CCOC)c(C#N)c1N. The van der Waals surface area contributed by atoms with Crippen molar-refractivity contribution in [2.24, 2.45) is 0 Å². The van der Waals surface area contributed by atoms with E-state index >= 15 is 0 Å². The second-order valence-electron chi connectivity index (χ2n) is 3.77. The highest BCUT2D eigenvalue weighted by atomic mass is 32.1. The van der Waals surface area contributed by atoms with Crippen LogP contribution < -0.4 is 10.6 Å². The monoisotopic (exact) mass is 283 g/mol. The predicted molar refractivity (Wildman–Crippen MR) is 74.5 cm³/mol. The Morgan fingerprint density at radius 3 is 2.79 bits per heavy atom. The molecule has 0 bridgehead atoms. The van der Waals surface area contributed by atoms with Gasteiger partial charge in [0.25, 0.3) is 0 Å². The van der Waals surface area contributed by atoms with E-state index in [9.17, 15) is 4.79 Å². The standard InChI is InChI=1S/C12H17N3O3S/c1-4-18-12(16)10-9(14)8(7-13)11(19-10)15(2)5-6-17-3/h4-6,14H2,1-3H3. The fourth-order valence-electron chi connectivity index (χ4n) is 1.49. The highest BCUT2D eigenvalue weighted by Gasteiger charge is 2.23. The van der Waals surface area contributed by atoms with Gasteiger partial charge in [-0.25, -0.2) is 4.79 Å². The number of nitrogens with two attached hydrogens (primary N) is 1. The Hall–Kier alpha value is -1.78. The van der Waals surface area contributed by atoms with E-state index in [0.717, 1.165) is 0 Å². The van der Waals surface area contributed by atoms with Gasteiger partial charge < -0.3 is 20.1 Å². The van der Waals surface area contributed by atoms with Crippen LogP contribution in [0.1, 0.15) is 22.2 Å². The van der Waals surface area contributed by atoms with Crippen LogP contribution in [0.5, 0.6) is 0 Å². The second-order valence-corrected chi connectivity index (χ2v) is 4.77. The summed E-state index contributed by atoms with van der Waals surface area (Å²) in [5.74, 6) is -0.493. The smallest absolute Gasteiger partial charge is 0.350 e. The van der Waals surface area contributed by atoms with Crippen molar-refractivity contribution in [2.75, 3.05) is 44.5 Å². The number of thiophene rings is 1. The Labute approximate surface area is 116 Å². The molecule has 0 spiro atoms. The highest BCUT2D eigenvalue weighted by molar-refractivity contribution is 7.18. The molecule has 0 amide bonds. The normalized spacial score (nSPS) is 10.0. The average molecular weight is 283 g/mol. The predicted octanol–water partition coefficient (Wildman–Crippen LogP) is 1.46. The number of ether oxygens (including phenoxy) is 2. The third-order valence-corrected chi connectivity index (χ3v) is 3.78. The van der Waals surface area contributed by atoms with Crippen molar-refractivity contribution >= 4 is 28.0 Å². The lowest BCUT2D eigenvalue weighted by Crippen LogP contribution is -2.21. The fourth-order valence-corrected chi connectivity index (χ4v) is 2.54. The molecule has 19 heavy (non-hydrogen) atoms. The second kappa shape index (κ2) is 6.97. The van der Waals surface area contributed by atoms with Crippen molar-refractivity contribution in [1.29, 1.82) is 5.26 Å². The number of nitrogen functional groups attached to an aromatic ring is 1. The number of hydrogen-bond donors (Lipinski definition) is 1. The van der Waals surface area contributed by atoms with Gasteiger partial charge in [-0.15, -0.1) is 11.3 Å². The molecular formula is C12H17N3O3S. The summed E-state index contributed by atoms with van der Waals surface area (Å²) in [5.41, 5.74) is 6.34. The van der Waals surface area contributed by atoms with Crippen LogP contribution in [-0.4, -0.2) is 39.9 Å². The lowest BCUT2D eigenvalue weighted by molar-refractivity contribution is 0.0533. The maximum Gasteiger partial charge on any atom is 0.350 e. The molecule has 0 aliphatic carbocycles. The van der Waals surface area contributed by atoms with E-state index in [1.807, 2.05) is 18.0 Å². The summed E-state index contributed by atoms with van der Waals surface area (Å²) in [6.45, 7) is 3.12. The number of nitriles is 1. The van der Waals surface area contributed by atoms with E-state index in [1.165, 1.54) is 11.3 Å². The number of anilines is 2. The number of likely N-dealkylation sites (N-methyl/N-ethyl adjacent to an activating group) is 1. The van der Waals surface area contributed by atoms with Crippen LogP contribution >= 0.6 is 11.3 Å². The summed E-state index contributed by atoms with van der Waals surface area (Å²) in [4.78, 5) is 13.9. The first-order valence-corrected chi connectivity index (χ1v) is 6.58. The van der Waals surface area contributed by atoms with Gasteiger partial charge in [0.2, 0.25) is 0 Å². The molecule has 2 N–H and O–H groups in total. The van der Waals surface area contributed by atoms with Crippen molar-refractivity contribution in [1.82, 2.24) is 0 Å². The Kier molecular flexibility index (Phi) is 5.60. The lowest BCUT2D eigenvalue weighted by Gasteiger charge is -2.16. The number of nitrogens with zero attached hydrogens (tertiary/aromatic N) is 2. The Morgan fingerprint density at radius 2 is 2.26 bits per heavy atom. The zero-order valence-corrected chi connectivity index (χ0v) is 12.0. The summed E-state index contributed by atoms with van der Waals surface area (Å²) in [5, 5.41) is 9.82. The summed E-state index contributed by atoms with van der Waals surface area (Å²) in [7, 11) is 3.42. The van der Waals surface area contributed by atoms with Gasteiger partial charge in [0.05, 0.1) is 18.9 Å². The summed E-state index contributed by atoms with van der Waals surface area (Å²) < 4.78 is 9.91. The third kappa shape index (κ3) is 3.36. The molecule has 0 aromatic carbocycles. The molecule has 7 heteroatoms. The van der Waals surface area contributed by atoms with E-state index in [0.29, 0.717) is 23.7 Å². The lowest BCUT2D eigenvalue weighted by atomic mass is 10.2. The van der Waals surface area contributed by atoms with Crippen molar-refractivity contribution in [3.63, 3.8) is 0 Å². The number of hydrogen-bond acceptors (Lipinski definition) is 7. The van der Waals surface area contributed by atoms with Crippen molar-refractivity contribution in [3.8, 4) is 6.07 Å². The molecule has 0 aliphatic heterocycles. The van der Waals surface area contributed by atoms with Gasteiger partial charge in [-0.3, -0.25) is 0 Å². The Balaban J connectivity index is 3.09. The molecule has 1 rings (SSSR count). The number of carbonyl (C=O) groups is 1. The van der Waals surface area contributed by atoms with E-state index in [-0.39, 0.29) is 17.2 Å². The van der Waals surface area contributed by atoms with Crippen molar-refractivity contribution in [2.45, 2.75) is 6.92 Å². The topological polar surface area (TPSA) is 88.6 Å². The minimum atomic E-state index is -0.493. The molecular weight excluding hydrogens is 266 g/mol. The van der Waals surface area contributed by atoms with E-state index in [1.54, 1.807) is 14.0 Å². The van der Waals surface area contributed by atoms with E-state index in [4.69, 9.17) is 20.5 Å². The third-order valence-electron chi connectivity index (χ3n) is 2.48. The Morgan fingerprint density at radius 1 is 1.58 bits per heavy atom. The first-order valence-electron chi connectivity index (χ1n) is 5.76. The van der Waals surface area contributed by atoms with Gasteiger partial charge in [0.1, 0.15) is 21.5 Å². The molecule has 104 valence electrons. The number of esters is 1. The molecule has 1 aromatic heterocycles. The van der Waals surface area contributed by atoms with Gasteiger partial charge in [0, 0.05) is 20.7 Å². The minimum absolute atomic E-state index is 0.185. The van der Waals surface area contributed by atoms with Crippen LogP contribution in [0, 0.1) is 11.3 Å². The molecule has 0 fully saturated rings. The molecule has 0 unspecified atom stereocenters. The first kappa shape index (κ1) is 15.3. The molecule has 1 aromatic rings. The molecule has 0 saturated carbocycles. The highest BCUT2D eigenvalue weighted by Crippen LogP contribution is 2.37. The summed E-state index contributed by atoms with van der Waals surface area (Å²) in [6.07, 6.45) is 0. The fraction of sp³-hybridized carbons (Fsp3) is 0.500. The Bertz CT molecular complexity index is 493.